The van der Waals surface area contributed by atoms with Gasteiger partial charge in [-0.05, 0) is 44.7 Å². The molecule has 6 nitrogen and oxygen atoms in total. The molecule has 0 spiro atoms. The minimum atomic E-state index is 0. The van der Waals surface area contributed by atoms with Gasteiger partial charge in [0.2, 0.25) is 0 Å². The third kappa shape index (κ3) is 3.79. The first kappa shape index (κ1) is 17.2. The highest BCUT2D eigenvalue weighted by Crippen LogP contribution is 2.21. The number of nitrogens with zero attached hydrogens (tertiary/aromatic N) is 4. The third-order valence-corrected chi connectivity index (χ3v) is 4.80. The van der Waals surface area contributed by atoms with Gasteiger partial charge in [-0.3, -0.25) is 4.79 Å². The SMILES string of the molecule is CCC1CCCN(C(=O)c2cn(C3CCNCC3)nn2)C1.Cl. The molecule has 0 radical (unpaired) electrons. The van der Waals surface area contributed by atoms with Gasteiger partial charge in [0, 0.05) is 13.1 Å². The number of hydrogen-bond acceptors (Lipinski definition) is 4. The van der Waals surface area contributed by atoms with Crippen LogP contribution in [0.5, 0.6) is 0 Å². The zero-order valence-electron chi connectivity index (χ0n) is 13.2. The Balaban J connectivity index is 0.00000176. The average molecular weight is 328 g/mol. The summed E-state index contributed by atoms with van der Waals surface area (Å²) >= 11 is 0. The average Bonchev–Trinajstić information content (AvgIpc) is 3.05. The third-order valence-electron chi connectivity index (χ3n) is 4.80. The van der Waals surface area contributed by atoms with Crippen molar-refractivity contribution in [1.29, 1.82) is 0 Å². The largest absolute Gasteiger partial charge is 0.337 e. The van der Waals surface area contributed by atoms with Gasteiger partial charge in [0.05, 0.1) is 12.2 Å². The lowest BCUT2D eigenvalue weighted by Gasteiger charge is -2.31. The summed E-state index contributed by atoms with van der Waals surface area (Å²) in [4.78, 5) is 14.5. The molecule has 1 aromatic heterocycles. The van der Waals surface area contributed by atoms with Gasteiger partial charge in [-0.15, -0.1) is 17.5 Å². The second-order valence-electron chi connectivity index (χ2n) is 6.23. The molecule has 7 heteroatoms. The maximum Gasteiger partial charge on any atom is 0.276 e. The van der Waals surface area contributed by atoms with Gasteiger partial charge in [0.15, 0.2) is 5.69 Å². The Bertz CT molecular complexity index is 486. The van der Waals surface area contributed by atoms with Crippen LogP contribution in [0.4, 0.5) is 0 Å². The van der Waals surface area contributed by atoms with Crippen LogP contribution in [0.25, 0.3) is 0 Å². The Morgan fingerprint density at radius 3 is 2.86 bits per heavy atom. The zero-order chi connectivity index (χ0) is 14.7. The fourth-order valence-corrected chi connectivity index (χ4v) is 3.37. The highest BCUT2D eigenvalue weighted by Gasteiger charge is 2.26. The van der Waals surface area contributed by atoms with E-state index >= 15 is 0 Å². The normalized spacial score (nSPS) is 23.1. The molecule has 124 valence electrons. The topological polar surface area (TPSA) is 63.1 Å². The number of amides is 1. The standard InChI is InChI=1S/C15H25N5O.ClH/c1-2-12-4-3-9-19(10-12)15(21)14-11-20(18-17-14)13-5-7-16-8-6-13;/h11-13,16H,2-10H2,1H3;1H. The summed E-state index contributed by atoms with van der Waals surface area (Å²) in [7, 11) is 0. The van der Waals surface area contributed by atoms with Crippen molar-refractivity contribution in [3.63, 3.8) is 0 Å². The maximum absolute atomic E-state index is 12.6. The number of nitrogens with one attached hydrogen (secondary N) is 1. The molecule has 2 aliphatic heterocycles. The van der Waals surface area contributed by atoms with Crippen molar-refractivity contribution in [3.05, 3.63) is 11.9 Å². The quantitative estimate of drug-likeness (QED) is 0.920. The van der Waals surface area contributed by atoms with Gasteiger partial charge in [-0.25, -0.2) is 4.68 Å². The second kappa shape index (κ2) is 7.92. The molecule has 1 aromatic rings. The predicted molar refractivity (Wildman–Crippen MR) is 87.3 cm³/mol. The number of hydrogen-bond donors (Lipinski definition) is 1. The monoisotopic (exact) mass is 327 g/mol. The molecule has 22 heavy (non-hydrogen) atoms. The van der Waals surface area contributed by atoms with Crippen molar-refractivity contribution < 1.29 is 4.79 Å². The molecule has 1 N–H and O–H groups in total. The smallest absolute Gasteiger partial charge is 0.276 e. The highest BCUT2D eigenvalue weighted by molar-refractivity contribution is 5.92. The predicted octanol–water partition coefficient (Wildman–Crippen LogP) is 1.89. The van der Waals surface area contributed by atoms with E-state index in [0.29, 0.717) is 17.7 Å². The van der Waals surface area contributed by atoms with E-state index in [0.717, 1.165) is 51.9 Å². The lowest BCUT2D eigenvalue weighted by Crippen LogP contribution is -2.39. The van der Waals surface area contributed by atoms with Crippen LogP contribution in [0.1, 0.15) is 55.6 Å². The minimum absolute atomic E-state index is 0. The Kier molecular flexibility index (Phi) is 6.20. The first-order valence-corrected chi connectivity index (χ1v) is 8.19. The van der Waals surface area contributed by atoms with Crippen LogP contribution in [0.2, 0.25) is 0 Å². The van der Waals surface area contributed by atoms with Crippen LogP contribution in [-0.4, -0.2) is 52.0 Å². The van der Waals surface area contributed by atoms with Crippen LogP contribution in [0, 0.1) is 5.92 Å². The maximum atomic E-state index is 12.6. The Morgan fingerprint density at radius 1 is 1.36 bits per heavy atom. The first-order chi connectivity index (χ1) is 10.3. The fraction of sp³-hybridized carbons (Fsp3) is 0.800. The van der Waals surface area contributed by atoms with E-state index in [2.05, 4.69) is 22.6 Å². The van der Waals surface area contributed by atoms with E-state index in [1.165, 1.54) is 6.42 Å². The van der Waals surface area contributed by atoms with Crippen molar-refractivity contribution in [2.75, 3.05) is 26.2 Å². The molecule has 0 aromatic carbocycles. The number of aromatic nitrogens is 3. The van der Waals surface area contributed by atoms with Crippen molar-refractivity contribution in [2.24, 2.45) is 5.92 Å². The molecular weight excluding hydrogens is 302 g/mol. The van der Waals surface area contributed by atoms with Gasteiger partial charge >= 0.3 is 0 Å². The van der Waals surface area contributed by atoms with Crippen LogP contribution in [0.15, 0.2) is 6.20 Å². The summed E-state index contributed by atoms with van der Waals surface area (Å²) in [5, 5.41) is 11.6. The molecule has 2 saturated heterocycles. The van der Waals surface area contributed by atoms with E-state index in [4.69, 9.17) is 0 Å². The van der Waals surface area contributed by atoms with Crippen LogP contribution in [0.3, 0.4) is 0 Å². The summed E-state index contributed by atoms with van der Waals surface area (Å²) in [6.07, 6.45) is 7.44. The fourth-order valence-electron chi connectivity index (χ4n) is 3.37. The van der Waals surface area contributed by atoms with Gasteiger partial charge < -0.3 is 10.2 Å². The molecule has 2 aliphatic rings. The molecule has 0 saturated carbocycles. The summed E-state index contributed by atoms with van der Waals surface area (Å²) in [5.74, 6) is 0.690. The molecule has 2 fully saturated rings. The molecule has 1 unspecified atom stereocenters. The van der Waals surface area contributed by atoms with Gasteiger partial charge in [-0.1, -0.05) is 18.6 Å². The number of likely N-dealkylation sites (tertiary alicyclic amines) is 1. The summed E-state index contributed by atoms with van der Waals surface area (Å²) in [6.45, 7) is 5.95. The summed E-state index contributed by atoms with van der Waals surface area (Å²) in [5.41, 5.74) is 0.505. The second-order valence-corrected chi connectivity index (χ2v) is 6.23. The van der Waals surface area contributed by atoms with E-state index in [1.54, 1.807) is 0 Å². The summed E-state index contributed by atoms with van der Waals surface area (Å²) < 4.78 is 1.88. The lowest BCUT2D eigenvalue weighted by atomic mass is 9.95. The van der Waals surface area contributed by atoms with Crippen molar-refractivity contribution in [3.8, 4) is 0 Å². The number of carbonyl (C=O) groups excluding carboxylic acids is 1. The molecule has 3 heterocycles. The van der Waals surface area contributed by atoms with Gasteiger partial charge in [0.1, 0.15) is 0 Å². The Morgan fingerprint density at radius 2 is 2.14 bits per heavy atom. The van der Waals surface area contributed by atoms with E-state index < -0.39 is 0 Å². The van der Waals surface area contributed by atoms with Crippen molar-refractivity contribution in [1.82, 2.24) is 25.2 Å². The van der Waals surface area contributed by atoms with Gasteiger partial charge in [-0.2, -0.15) is 0 Å². The highest BCUT2D eigenvalue weighted by atomic mass is 35.5. The Labute approximate surface area is 138 Å². The molecule has 3 rings (SSSR count). The zero-order valence-corrected chi connectivity index (χ0v) is 14.0. The lowest BCUT2D eigenvalue weighted by molar-refractivity contribution is 0.0665. The number of rotatable bonds is 3. The van der Waals surface area contributed by atoms with Crippen LogP contribution < -0.4 is 5.32 Å². The van der Waals surface area contributed by atoms with E-state index in [-0.39, 0.29) is 18.3 Å². The first-order valence-electron chi connectivity index (χ1n) is 8.19. The summed E-state index contributed by atoms with van der Waals surface area (Å²) in [6, 6.07) is 0.380. The molecular formula is C15H26ClN5O. The minimum Gasteiger partial charge on any atom is -0.337 e. The van der Waals surface area contributed by atoms with Crippen molar-refractivity contribution in [2.45, 2.75) is 45.1 Å². The number of piperidine rings is 2. The number of halogens is 1. The molecule has 1 atom stereocenters. The van der Waals surface area contributed by atoms with E-state index in [9.17, 15) is 4.79 Å². The molecule has 0 bridgehead atoms. The molecule has 0 aliphatic carbocycles. The van der Waals surface area contributed by atoms with Crippen molar-refractivity contribution >= 4 is 18.3 Å². The van der Waals surface area contributed by atoms with Crippen LogP contribution >= 0.6 is 12.4 Å². The van der Waals surface area contributed by atoms with E-state index in [1.807, 2.05) is 15.8 Å². The Hall–Kier alpha value is -1.14. The van der Waals surface area contributed by atoms with Gasteiger partial charge in [0.25, 0.3) is 5.91 Å². The number of carbonyl (C=O) groups is 1. The molecule has 1 amide bonds. The van der Waals surface area contributed by atoms with Crippen LogP contribution in [-0.2, 0) is 0 Å².